The first kappa shape index (κ1) is 36.7. The van der Waals surface area contributed by atoms with Crippen molar-refractivity contribution in [2.24, 2.45) is 0 Å². The van der Waals surface area contributed by atoms with Crippen LogP contribution in [0.15, 0.2) is 109 Å². The summed E-state index contributed by atoms with van der Waals surface area (Å²) in [6, 6.07) is 28.0. The van der Waals surface area contributed by atoms with Crippen molar-refractivity contribution in [2.75, 3.05) is 0 Å². The number of allylic oxidation sites excluding steroid dienone is 1. The molecule has 1 N–H and O–H groups in total. The van der Waals surface area contributed by atoms with Gasteiger partial charge in [-0.05, 0) is 71.3 Å². The average Bonchev–Trinajstić information content (AvgIpc) is 3.36. The molecule has 0 bridgehead atoms. The number of amides is 1. The first-order chi connectivity index (χ1) is 23.1. The van der Waals surface area contributed by atoms with Gasteiger partial charge in [-0.1, -0.05) is 132 Å². The van der Waals surface area contributed by atoms with Gasteiger partial charge in [0.25, 0.3) is 5.91 Å². The van der Waals surface area contributed by atoms with E-state index in [2.05, 4.69) is 55.0 Å². The van der Waals surface area contributed by atoms with E-state index in [-0.39, 0.29) is 11.9 Å². The number of rotatable bonds is 13. The fraction of sp³-hybridized carbons (Fsp3) is 0.366. The van der Waals surface area contributed by atoms with Gasteiger partial charge in [0.15, 0.2) is 6.71 Å². The van der Waals surface area contributed by atoms with Crippen molar-refractivity contribution < 1.29 is 18.0 Å². The van der Waals surface area contributed by atoms with Crippen LogP contribution in [0.1, 0.15) is 81.3 Å². The summed E-state index contributed by atoms with van der Waals surface area (Å²) in [6.07, 6.45) is 4.59. The van der Waals surface area contributed by atoms with Crippen molar-refractivity contribution in [2.45, 2.75) is 96.4 Å². The van der Waals surface area contributed by atoms with Crippen LogP contribution < -0.4 is 5.32 Å². The lowest BCUT2D eigenvalue weighted by molar-refractivity contribution is -0.110. The Morgan fingerprint density at radius 3 is 1.83 bits per heavy atom. The molecule has 1 aliphatic carbocycles. The molecule has 5 rings (SSSR count). The number of hydrogen-bond donors (Lipinski definition) is 1. The maximum atomic E-state index is 13.2. The molecule has 1 heterocycles. The van der Waals surface area contributed by atoms with E-state index in [0.29, 0.717) is 12.6 Å². The second-order valence-electron chi connectivity index (χ2n) is 13.0. The minimum absolute atomic E-state index is 0.0133. The lowest BCUT2D eigenvalue weighted by Gasteiger charge is -2.36. The second kappa shape index (κ2) is 16.8. The lowest BCUT2D eigenvalue weighted by atomic mass is 9.37. The van der Waals surface area contributed by atoms with Gasteiger partial charge in [0.2, 0.25) is 0 Å². The van der Waals surface area contributed by atoms with Gasteiger partial charge in [-0.25, -0.2) is 0 Å². The van der Waals surface area contributed by atoms with Crippen molar-refractivity contribution in [3.8, 4) is 22.3 Å². The molecule has 0 unspecified atom stereocenters. The Labute approximate surface area is 285 Å². The molecule has 0 fully saturated rings. The Bertz CT molecular complexity index is 1600. The number of halogens is 3. The summed E-state index contributed by atoms with van der Waals surface area (Å²) >= 11 is 0. The van der Waals surface area contributed by atoms with Crippen molar-refractivity contribution >= 4 is 12.6 Å². The van der Waals surface area contributed by atoms with Crippen LogP contribution in [-0.2, 0) is 5.41 Å². The molecule has 0 saturated heterocycles. The first-order valence-electron chi connectivity index (χ1n) is 17.3. The largest absolute Gasteiger partial charge is 0.382 e. The van der Waals surface area contributed by atoms with E-state index in [1.807, 2.05) is 74.5 Å². The highest BCUT2D eigenvalue weighted by Crippen LogP contribution is 2.55. The molecule has 252 valence electrons. The monoisotopic (exact) mass is 652 g/mol. The van der Waals surface area contributed by atoms with Crippen molar-refractivity contribution in [3.05, 3.63) is 126 Å². The number of nitrogens with one attached hydrogen (secondary N) is 1. The van der Waals surface area contributed by atoms with Crippen LogP contribution in [0.4, 0.5) is 13.2 Å². The van der Waals surface area contributed by atoms with Crippen LogP contribution in [0.5, 0.6) is 0 Å². The molecule has 1 aromatic heterocycles. The molecule has 0 radical (unpaired) electrons. The lowest BCUT2D eigenvalue weighted by Crippen LogP contribution is -2.35. The number of carbonyl (C=O) groups is 1. The quantitative estimate of drug-likeness (QED) is 0.115. The number of carbonyl (C=O) groups excluding carboxylic acids is 1. The second-order valence-corrected chi connectivity index (χ2v) is 13.0. The van der Waals surface area contributed by atoms with E-state index in [0.717, 1.165) is 76.6 Å². The van der Waals surface area contributed by atoms with Gasteiger partial charge in [0.1, 0.15) is 0 Å². The van der Waals surface area contributed by atoms with Crippen LogP contribution in [0, 0.1) is 0 Å². The Morgan fingerprint density at radius 1 is 0.812 bits per heavy atom. The van der Waals surface area contributed by atoms with Crippen LogP contribution in [0.2, 0.25) is 19.0 Å². The van der Waals surface area contributed by atoms with Crippen molar-refractivity contribution in [1.29, 1.82) is 0 Å². The average molecular weight is 653 g/mol. The third-order valence-electron chi connectivity index (χ3n) is 9.38. The Balaban J connectivity index is 0.000000220. The molecule has 0 saturated carbocycles. The zero-order chi connectivity index (χ0) is 34.7. The van der Waals surface area contributed by atoms with E-state index in [9.17, 15) is 18.0 Å². The van der Waals surface area contributed by atoms with Crippen LogP contribution >= 0.6 is 0 Å². The Morgan fingerprint density at radius 2 is 1.33 bits per heavy atom. The Hall–Kier alpha value is -4.13. The van der Waals surface area contributed by atoms with Gasteiger partial charge in [-0.3, -0.25) is 9.78 Å². The molecular formula is C41H48BF3N2O. The van der Waals surface area contributed by atoms with E-state index >= 15 is 0 Å². The minimum atomic E-state index is -4.15. The summed E-state index contributed by atoms with van der Waals surface area (Å²) < 4.78 is 39.6. The number of alkyl halides is 3. The molecule has 48 heavy (non-hydrogen) atoms. The zero-order valence-corrected chi connectivity index (χ0v) is 28.7. The molecule has 1 aliphatic rings. The SMILES string of the molecule is C=C(C)C1(CB(CCC)CC(F)(F)F)c2ccccc2-c2ccccc21.CCCC(CCC)NC(=O)c1ccccc1-c1ccncc1. The first-order valence-corrected chi connectivity index (χ1v) is 17.3. The van der Waals surface area contributed by atoms with E-state index in [4.69, 9.17) is 0 Å². The highest BCUT2D eigenvalue weighted by atomic mass is 19.4. The van der Waals surface area contributed by atoms with Gasteiger partial charge >= 0.3 is 6.18 Å². The number of pyridine rings is 1. The van der Waals surface area contributed by atoms with E-state index < -0.39 is 24.6 Å². The molecule has 4 aromatic rings. The van der Waals surface area contributed by atoms with Gasteiger partial charge < -0.3 is 5.32 Å². The molecule has 0 atom stereocenters. The Kier molecular flexibility index (Phi) is 12.9. The zero-order valence-electron chi connectivity index (χ0n) is 28.7. The van der Waals surface area contributed by atoms with Gasteiger partial charge in [-0.15, -0.1) is 0 Å². The topological polar surface area (TPSA) is 42.0 Å². The molecule has 0 spiro atoms. The molecule has 3 aromatic carbocycles. The van der Waals surface area contributed by atoms with Crippen LogP contribution in [0.3, 0.4) is 0 Å². The summed E-state index contributed by atoms with van der Waals surface area (Å²) in [7, 11) is 0. The van der Waals surface area contributed by atoms with Crippen LogP contribution in [0.25, 0.3) is 22.3 Å². The minimum Gasteiger partial charge on any atom is -0.349 e. The summed E-state index contributed by atoms with van der Waals surface area (Å²) in [5.41, 5.74) is 7.50. The van der Waals surface area contributed by atoms with Crippen LogP contribution in [-0.4, -0.2) is 29.8 Å². The maximum absolute atomic E-state index is 13.2. The number of nitrogens with zero attached hydrogens (tertiary/aromatic N) is 1. The third kappa shape index (κ3) is 8.66. The highest BCUT2D eigenvalue weighted by molar-refractivity contribution is 6.59. The normalized spacial score (nSPS) is 12.8. The molecular weight excluding hydrogens is 604 g/mol. The molecule has 0 aliphatic heterocycles. The highest BCUT2D eigenvalue weighted by Gasteiger charge is 2.47. The number of hydrogen-bond acceptors (Lipinski definition) is 2. The van der Waals surface area contributed by atoms with Gasteiger partial charge in [0.05, 0.1) is 0 Å². The number of aromatic nitrogens is 1. The smallest absolute Gasteiger partial charge is 0.349 e. The molecule has 7 heteroatoms. The summed E-state index contributed by atoms with van der Waals surface area (Å²) in [6.45, 7) is 12.0. The molecule has 1 amide bonds. The van der Waals surface area contributed by atoms with Crippen molar-refractivity contribution in [1.82, 2.24) is 10.3 Å². The standard InChI is InChI=1S/C22H24BF3.C19H24N2O/c1-4-13-23(15-22(24,25)26)14-21(16(2)3)19-11-7-5-9-17(19)18-10-6-8-12-20(18)21;1-3-7-16(8-4-2)21-19(22)18-10-6-5-9-17(18)15-11-13-20-14-12-15/h5-12H,2,4,13-15H2,1,3H3;5-6,9-14,16H,3-4,7-8H2,1-2H3,(H,21,22). The summed E-state index contributed by atoms with van der Waals surface area (Å²) in [5, 5.41) is 3.19. The van der Waals surface area contributed by atoms with Crippen molar-refractivity contribution in [3.63, 3.8) is 0 Å². The van der Waals surface area contributed by atoms with Gasteiger partial charge in [-0.2, -0.15) is 13.2 Å². The molecule has 3 nitrogen and oxygen atoms in total. The fourth-order valence-corrected chi connectivity index (χ4v) is 7.34. The van der Waals surface area contributed by atoms with Gasteiger partial charge in [0, 0.05) is 35.7 Å². The number of benzene rings is 3. The predicted octanol–water partition coefficient (Wildman–Crippen LogP) is 11.4. The van der Waals surface area contributed by atoms with E-state index in [1.165, 1.54) is 0 Å². The summed E-state index contributed by atoms with van der Waals surface area (Å²) in [5.74, 6) is 0.0133. The summed E-state index contributed by atoms with van der Waals surface area (Å²) in [4.78, 5) is 16.7. The maximum Gasteiger partial charge on any atom is 0.382 e. The third-order valence-corrected chi connectivity index (χ3v) is 9.38. The predicted molar refractivity (Wildman–Crippen MR) is 195 cm³/mol. The van der Waals surface area contributed by atoms with E-state index in [1.54, 1.807) is 12.4 Å². The fourth-order valence-electron chi connectivity index (χ4n) is 7.34. The number of fused-ring (bicyclic) bond motifs is 3.